The van der Waals surface area contributed by atoms with Gasteiger partial charge in [-0.15, -0.1) is 0 Å². The SMILES string of the molecule is CCC1=C(CC)C2=NC1=Cc1[nH]c(c(CC)c1CC)C=C1[NH+]=C(C(CC)=C1CC)/C(=C/N(C)C)C1=Nc3c2cccc3C1(CC)CC. The first-order valence-electron chi connectivity index (χ1n) is 18.2. The number of H-pyrrole nitrogens is 1. The zero-order chi connectivity index (χ0) is 33.6. The second-order valence-corrected chi connectivity index (χ2v) is 13.5. The number of aromatic amines is 1. The summed E-state index contributed by atoms with van der Waals surface area (Å²) in [7, 11) is 4.27. The third-order valence-corrected chi connectivity index (χ3v) is 11.0. The van der Waals surface area contributed by atoms with Gasteiger partial charge in [0.15, 0.2) is 0 Å². The fourth-order valence-electron chi connectivity index (χ4n) is 8.75. The molecule has 1 aromatic carbocycles. The maximum Gasteiger partial charge on any atom is 0.218 e. The first kappa shape index (κ1) is 32.9. The van der Waals surface area contributed by atoms with Gasteiger partial charge in [0.2, 0.25) is 11.4 Å². The molecule has 0 saturated heterocycles. The van der Waals surface area contributed by atoms with Gasteiger partial charge in [-0.1, -0.05) is 73.6 Å². The van der Waals surface area contributed by atoms with Crippen molar-refractivity contribution in [1.82, 2.24) is 9.88 Å². The highest BCUT2D eigenvalue weighted by Gasteiger charge is 2.47. The Hall–Kier alpha value is -3.99. The quantitative estimate of drug-likeness (QED) is 0.287. The number of rotatable bonds is 9. The van der Waals surface area contributed by atoms with Gasteiger partial charge in [-0.25, -0.2) is 9.98 Å². The monoisotopic (exact) mass is 628 g/mol. The van der Waals surface area contributed by atoms with Crippen LogP contribution in [0.2, 0.25) is 0 Å². The van der Waals surface area contributed by atoms with Crippen LogP contribution >= 0.6 is 0 Å². The number of nitrogens with zero attached hydrogens (tertiary/aromatic N) is 3. The first-order chi connectivity index (χ1) is 22.7. The molecule has 1 aromatic heterocycles. The van der Waals surface area contributed by atoms with Gasteiger partial charge in [0.1, 0.15) is 0 Å². The summed E-state index contributed by atoms with van der Waals surface area (Å²) in [5.41, 5.74) is 21.0. The van der Waals surface area contributed by atoms with Gasteiger partial charge in [0.05, 0.1) is 28.4 Å². The van der Waals surface area contributed by atoms with Crippen LogP contribution in [0.4, 0.5) is 5.69 Å². The molecular weight excluding hydrogens is 574 g/mol. The van der Waals surface area contributed by atoms with Crippen molar-refractivity contribution in [2.75, 3.05) is 14.1 Å². The normalized spacial score (nSPS) is 18.9. The predicted octanol–water partition coefficient (Wildman–Crippen LogP) is 8.70. The van der Waals surface area contributed by atoms with Crippen LogP contribution in [-0.2, 0) is 18.3 Å². The van der Waals surface area contributed by atoms with Gasteiger partial charge in [-0.2, -0.15) is 0 Å². The molecule has 5 heteroatoms. The molecule has 6 rings (SSSR count). The van der Waals surface area contributed by atoms with Gasteiger partial charge in [-0.05, 0) is 85.3 Å². The lowest BCUT2D eigenvalue weighted by Gasteiger charge is -2.31. The third-order valence-electron chi connectivity index (χ3n) is 11.0. The molecule has 2 aromatic rings. The van der Waals surface area contributed by atoms with E-state index in [0.29, 0.717) is 0 Å². The number of hydrogen-bond donors (Lipinski definition) is 2. The Morgan fingerprint density at radius 2 is 1.38 bits per heavy atom. The minimum atomic E-state index is -0.200. The number of nitrogens with one attached hydrogen (secondary N) is 2. The zero-order valence-corrected chi connectivity index (χ0v) is 30.5. The van der Waals surface area contributed by atoms with Crippen molar-refractivity contribution in [1.29, 1.82) is 0 Å². The second-order valence-electron chi connectivity index (χ2n) is 13.5. The molecule has 0 atom stereocenters. The average Bonchev–Trinajstić information content (AvgIpc) is 3.81. The minimum Gasteiger partial charge on any atom is -0.383 e. The van der Waals surface area contributed by atoms with Gasteiger partial charge < -0.3 is 9.88 Å². The van der Waals surface area contributed by atoms with E-state index in [1.807, 2.05) is 0 Å². The molecule has 8 bridgehead atoms. The smallest absolute Gasteiger partial charge is 0.218 e. The molecule has 246 valence electrons. The Morgan fingerprint density at radius 1 is 0.745 bits per heavy atom. The summed E-state index contributed by atoms with van der Waals surface area (Å²) in [6.07, 6.45) is 14.7. The minimum absolute atomic E-state index is 0.200. The Balaban J connectivity index is 1.79. The molecule has 5 nitrogen and oxygen atoms in total. The zero-order valence-electron chi connectivity index (χ0n) is 30.5. The van der Waals surface area contributed by atoms with Gasteiger partial charge in [-0.3, -0.25) is 4.99 Å². The van der Waals surface area contributed by atoms with Crippen LogP contribution < -0.4 is 4.99 Å². The van der Waals surface area contributed by atoms with Crippen molar-refractivity contribution in [2.24, 2.45) is 9.98 Å². The van der Waals surface area contributed by atoms with Crippen molar-refractivity contribution in [3.63, 3.8) is 0 Å². The van der Waals surface area contributed by atoms with Crippen LogP contribution in [0.5, 0.6) is 0 Å². The molecule has 0 spiro atoms. The maximum atomic E-state index is 5.72. The van der Waals surface area contributed by atoms with E-state index in [1.165, 1.54) is 73.1 Å². The van der Waals surface area contributed by atoms with Gasteiger partial charge >= 0.3 is 0 Å². The Morgan fingerprint density at radius 3 is 1.96 bits per heavy atom. The van der Waals surface area contributed by atoms with Crippen LogP contribution in [0, 0.1) is 0 Å². The third kappa shape index (κ3) is 5.00. The second kappa shape index (κ2) is 12.9. The molecule has 0 saturated carbocycles. The number of aliphatic imine (C=N–C) groups is 2. The summed E-state index contributed by atoms with van der Waals surface area (Å²) in [5, 5.41) is 0. The Kier molecular flexibility index (Phi) is 9.04. The number of aromatic nitrogens is 1. The number of fused-ring (bicyclic) bond motifs is 5. The molecular formula is C42H54N5+. The maximum absolute atomic E-state index is 5.72. The summed E-state index contributed by atoms with van der Waals surface area (Å²) in [6, 6.07) is 6.84. The van der Waals surface area contributed by atoms with E-state index in [4.69, 9.17) is 9.98 Å². The van der Waals surface area contributed by atoms with E-state index < -0.39 is 0 Å². The summed E-state index contributed by atoms with van der Waals surface area (Å²) in [4.78, 5) is 21.3. The van der Waals surface area contributed by atoms with E-state index in [0.717, 1.165) is 74.0 Å². The molecule has 0 unspecified atom stereocenters. The molecule has 5 heterocycles. The lowest BCUT2D eigenvalue weighted by atomic mass is 9.69. The summed E-state index contributed by atoms with van der Waals surface area (Å²) < 4.78 is 0. The van der Waals surface area contributed by atoms with Gasteiger partial charge in [0.25, 0.3) is 0 Å². The highest BCUT2D eigenvalue weighted by molar-refractivity contribution is 6.33. The van der Waals surface area contributed by atoms with E-state index in [1.54, 1.807) is 0 Å². The van der Waals surface area contributed by atoms with Crippen molar-refractivity contribution in [3.05, 3.63) is 97.3 Å². The summed E-state index contributed by atoms with van der Waals surface area (Å²) in [6.45, 7) is 18.4. The largest absolute Gasteiger partial charge is 0.383 e. The average molecular weight is 629 g/mol. The highest BCUT2D eigenvalue weighted by Crippen LogP contribution is 2.50. The van der Waals surface area contributed by atoms with Crippen LogP contribution in [0.1, 0.15) is 128 Å². The Bertz CT molecular complexity index is 1870. The molecule has 0 amide bonds. The van der Waals surface area contributed by atoms with E-state index >= 15 is 0 Å². The van der Waals surface area contributed by atoms with Crippen molar-refractivity contribution >= 4 is 35.0 Å². The number of benzene rings is 1. The van der Waals surface area contributed by atoms with Crippen LogP contribution in [0.15, 0.2) is 73.6 Å². The van der Waals surface area contributed by atoms with Gasteiger partial charge in [0, 0.05) is 59.9 Å². The standard InChI is InChI=1S/C42H53N5/c1-11-25-26(12-2)35-23-37-28(14-4)30(16-6)39(45-37)32(24-47(9)10)41-42(17-7,18-8)33-21-19-20-31(40(33)46-41)38-29(15-5)27(13-3)36(44-38)22-34(25)43-35/h19-24,43H,11-18H2,1-10H3/p+1/b32-24-,36-22?,37-23?. The van der Waals surface area contributed by atoms with Crippen LogP contribution in [-0.4, -0.2) is 41.1 Å². The van der Waals surface area contributed by atoms with Crippen molar-refractivity contribution in [3.8, 4) is 0 Å². The fraction of sp³-hybridized carbons (Fsp3) is 0.452. The summed E-state index contributed by atoms with van der Waals surface area (Å²) in [5.74, 6) is 0. The fourth-order valence-corrected chi connectivity index (χ4v) is 8.75. The lowest BCUT2D eigenvalue weighted by molar-refractivity contribution is -0.385. The Labute approximate surface area is 282 Å². The predicted molar refractivity (Wildman–Crippen MR) is 201 cm³/mol. The summed E-state index contributed by atoms with van der Waals surface area (Å²) >= 11 is 0. The molecule has 4 aliphatic heterocycles. The van der Waals surface area contributed by atoms with Crippen molar-refractivity contribution < 1.29 is 4.99 Å². The molecule has 47 heavy (non-hydrogen) atoms. The number of para-hydroxylation sites is 1. The van der Waals surface area contributed by atoms with E-state index in [-0.39, 0.29) is 5.41 Å². The number of hydrogen-bond acceptors (Lipinski definition) is 3. The number of allylic oxidation sites excluding steroid dienone is 5. The van der Waals surface area contributed by atoms with E-state index in [2.05, 4.69) is 121 Å². The molecule has 4 aliphatic rings. The lowest BCUT2D eigenvalue weighted by Crippen LogP contribution is -2.69. The molecule has 0 aliphatic carbocycles. The van der Waals surface area contributed by atoms with Crippen LogP contribution in [0.3, 0.4) is 0 Å². The highest BCUT2D eigenvalue weighted by atomic mass is 15.0. The molecule has 0 fully saturated rings. The van der Waals surface area contributed by atoms with Crippen molar-refractivity contribution in [2.45, 2.75) is 112 Å². The topological polar surface area (TPSA) is 57.7 Å². The molecule has 0 radical (unpaired) electrons. The van der Waals surface area contributed by atoms with Crippen LogP contribution in [0.25, 0.3) is 12.2 Å². The first-order valence-corrected chi connectivity index (χ1v) is 18.2. The van der Waals surface area contributed by atoms with E-state index in [9.17, 15) is 0 Å². The molecule has 2 N–H and O–H groups in total.